The van der Waals surface area contributed by atoms with Crippen molar-refractivity contribution in [2.75, 3.05) is 13.2 Å². The molecule has 0 aromatic heterocycles. The van der Waals surface area contributed by atoms with Gasteiger partial charge in [0.1, 0.15) is 24.4 Å². The first-order chi connectivity index (χ1) is 43.7. The summed E-state index contributed by atoms with van der Waals surface area (Å²) < 4.78 is 17.7. The number of carbonyl (C=O) groups is 2. The number of allylic oxidation sites excluding steroid dienone is 7. The van der Waals surface area contributed by atoms with Crippen molar-refractivity contribution in [3.05, 3.63) is 48.6 Å². The molecule has 1 aliphatic rings. The molecule has 522 valence electrons. The average Bonchev–Trinajstić information content (AvgIpc) is 2.45. The van der Waals surface area contributed by atoms with Gasteiger partial charge in [0.2, 0.25) is 5.91 Å². The third-order valence-electron chi connectivity index (χ3n) is 18.2. The first-order valence-electron chi connectivity index (χ1n) is 38.4. The maximum absolute atomic E-state index is 13.5. The molecule has 0 aromatic rings. The lowest BCUT2D eigenvalue weighted by Gasteiger charge is -2.41. The molecule has 1 saturated heterocycles. The van der Waals surface area contributed by atoms with Gasteiger partial charge in [0, 0.05) is 6.42 Å². The fourth-order valence-corrected chi connectivity index (χ4v) is 12.2. The van der Waals surface area contributed by atoms with Crippen LogP contribution in [0.25, 0.3) is 0 Å². The van der Waals surface area contributed by atoms with E-state index in [1.807, 2.05) is 6.08 Å². The zero-order valence-corrected chi connectivity index (χ0v) is 58.3. The standard InChI is InChI=1S/C78H145NO10/c1-4-7-10-13-16-19-22-24-26-28-30-32-34-35-36-38-39-41-43-45-47-50-53-56-59-62-65-71(82)77(86)79-69(70(81)64-61-58-55-52-49-21-18-15-12-9-6-3)68-87-78-76(75(85)74(84)72(67-80)88-78)89-73(83)66-63-60-57-54-51-48-46-44-42-40-37-33-31-29-27-25-23-20-17-14-11-8-5-2/h16,19,24,26,30,32,61,64,69-72,74-76,78,80-82,84-85H,4-15,17-18,20-23,25,27-29,31,33-60,62-63,65-68H2,1-3H3,(H,79,86)/b19-16-,26-24-,32-30-,64-61+. The minimum absolute atomic E-state index is 0.129. The van der Waals surface area contributed by atoms with Crippen LogP contribution in [-0.4, -0.2) is 99.6 Å². The maximum atomic E-state index is 13.5. The highest BCUT2D eigenvalue weighted by molar-refractivity contribution is 5.80. The van der Waals surface area contributed by atoms with Gasteiger partial charge in [0.25, 0.3) is 0 Å². The van der Waals surface area contributed by atoms with Crippen molar-refractivity contribution in [3.63, 3.8) is 0 Å². The van der Waals surface area contributed by atoms with Gasteiger partial charge in [0.15, 0.2) is 12.4 Å². The molecule has 0 aromatic carbocycles. The molecule has 1 aliphatic heterocycles. The quantitative estimate of drug-likeness (QED) is 0.0195. The van der Waals surface area contributed by atoms with Crippen LogP contribution >= 0.6 is 0 Å². The molecule has 89 heavy (non-hydrogen) atoms. The molecule has 0 aliphatic carbocycles. The van der Waals surface area contributed by atoms with E-state index in [1.165, 1.54) is 257 Å². The van der Waals surface area contributed by atoms with E-state index < -0.39 is 67.4 Å². The SMILES string of the molecule is CCCCC/C=C\C/C=C\C/C=C\CCCCCCCCCCCCCCCC(O)C(=O)NC(COC1OC(CO)C(O)C(O)C1OC(=O)CCCCCCCCCCCCCCCCCCCCCCCCC)C(O)/C=C/CCCCCCCCCCC. The predicted molar refractivity (Wildman–Crippen MR) is 375 cm³/mol. The van der Waals surface area contributed by atoms with Gasteiger partial charge < -0.3 is 45.1 Å². The van der Waals surface area contributed by atoms with Gasteiger partial charge in [-0.15, -0.1) is 0 Å². The van der Waals surface area contributed by atoms with Crippen molar-refractivity contribution in [1.29, 1.82) is 0 Å². The highest BCUT2D eigenvalue weighted by Gasteiger charge is 2.47. The summed E-state index contributed by atoms with van der Waals surface area (Å²) in [4.78, 5) is 26.7. The largest absolute Gasteiger partial charge is 0.454 e. The smallest absolute Gasteiger partial charge is 0.306 e. The van der Waals surface area contributed by atoms with Crippen LogP contribution in [-0.2, 0) is 23.8 Å². The van der Waals surface area contributed by atoms with Gasteiger partial charge in [-0.3, -0.25) is 9.59 Å². The molecule has 1 amide bonds. The van der Waals surface area contributed by atoms with Gasteiger partial charge in [-0.2, -0.15) is 0 Å². The van der Waals surface area contributed by atoms with E-state index >= 15 is 0 Å². The Kier molecular flexibility index (Phi) is 62.4. The van der Waals surface area contributed by atoms with Crippen LogP contribution in [0.3, 0.4) is 0 Å². The number of unbranched alkanes of at least 4 members (excludes halogenated alkanes) is 47. The summed E-state index contributed by atoms with van der Waals surface area (Å²) in [5, 5.41) is 57.3. The van der Waals surface area contributed by atoms with Crippen LogP contribution in [0.2, 0.25) is 0 Å². The molecule has 1 heterocycles. The van der Waals surface area contributed by atoms with Crippen LogP contribution in [0, 0.1) is 0 Å². The Morgan fingerprint density at radius 3 is 1.18 bits per heavy atom. The fraction of sp³-hybridized carbons (Fsp3) is 0.872. The second-order valence-electron chi connectivity index (χ2n) is 26.7. The van der Waals surface area contributed by atoms with Gasteiger partial charge in [-0.25, -0.2) is 0 Å². The first-order valence-corrected chi connectivity index (χ1v) is 38.4. The fourth-order valence-electron chi connectivity index (χ4n) is 12.2. The van der Waals surface area contributed by atoms with E-state index in [4.69, 9.17) is 14.2 Å². The minimum Gasteiger partial charge on any atom is -0.454 e. The Morgan fingerprint density at radius 1 is 0.438 bits per heavy atom. The molecule has 8 unspecified atom stereocenters. The summed E-state index contributed by atoms with van der Waals surface area (Å²) in [7, 11) is 0. The van der Waals surface area contributed by atoms with Crippen molar-refractivity contribution in [2.24, 2.45) is 0 Å². The summed E-state index contributed by atoms with van der Waals surface area (Å²) in [6.07, 6.45) is 73.1. The molecule has 1 rings (SSSR count). The zero-order chi connectivity index (χ0) is 64.6. The number of nitrogens with one attached hydrogen (secondary N) is 1. The van der Waals surface area contributed by atoms with Gasteiger partial charge in [0.05, 0.1) is 25.4 Å². The predicted octanol–water partition coefficient (Wildman–Crippen LogP) is 20.3. The van der Waals surface area contributed by atoms with Crippen LogP contribution in [0.15, 0.2) is 48.6 Å². The number of aliphatic hydroxyl groups is 5. The number of aliphatic hydroxyl groups excluding tert-OH is 5. The van der Waals surface area contributed by atoms with Crippen molar-refractivity contribution in [3.8, 4) is 0 Å². The van der Waals surface area contributed by atoms with Crippen LogP contribution in [0.4, 0.5) is 0 Å². The summed E-state index contributed by atoms with van der Waals surface area (Å²) in [5.74, 6) is -1.18. The lowest BCUT2D eigenvalue weighted by molar-refractivity contribution is -0.305. The third kappa shape index (κ3) is 52.7. The average molecular weight is 1260 g/mol. The zero-order valence-electron chi connectivity index (χ0n) is 58.3. The highest BCUT2D eigenvalue weighted by atomic mass is 16.7. The molecule has 6 N–H and O–H groups in total. The van der Waals surface area contributed by atoms with Crippen molar-refractivity contribution < 1.29 is 49.3 Å². The van der Waals surface area contributed by atoms with E-state index in [0.717, 1.165) is 70.6 Å². The number of hydrogen-bond acceptors (Lipinski definition) is 10. The second kappa shape index (κ2) is 65.7. The molecule has 11 heteroatoms. The molecule has 0 saturated carbocycles. The van der Waals surface area contributed by atoms with Crippen LogP contribution in [0.1, 0.15) is 374 Å². The molecular weight excluding hydrogens is 1110 g/mol. The molecule has 0 radical (unpaired) electrons. The number of carbonyl (C=O) groups excluding carboxylic acids is 2. The van der Waals surface area contributed by atoms with Gasteiger partial charge in [-0.05, 0) is 64.2 Å². The number of rotatable bonds is 67. The summed E-state index contributed by atoms with van der Waals surface area (Å²) in [6.45, 7) is 5.82. The molecule has 11 nitrogen and oxygen atoms in total. The molecule has 8 atom stereocenters. The summed E-state index contributed by atoms with van der Waals surface area (Å²) in [6, 6.07) is -1.02. The number of amides is 1. The van der Waals surface area contributed by atoms with Crippen molar-refractivity contribution >= 4 is 11.9 Å². The Bertz CT molecular complexity index is 1640. The first kappa shape index (κ1) is 84.6. The Morgan fingerprint density at radius 2 is 0.775 bits per heavy atom. The summed E-state index contributed by atoms with van der Waals surface area (Å²) in [5.41, 5.74) is 0. The lowest BCUT2D eigenvalue weighted by atomic mass is 9.99. The Labute approximate surface area is 548 Å². The molecular formula is C78H145NO10. The van der Waals surface area contributed by atoms with Crippen LogP contribution in [0.5, 0.6) is 0 Å². The van der Waals surface area contributed by atoms with Gasteiger partial charge >= 0.3 is 5.97 Å². The van der Waals surface area contributed by atoms with Crippen molar-refractivity contribution in [1.82, 2.24) is 5.32 Å². The monoisotopic (exact) mass is 1260 g/mol. The third-order valence-corrected chi connectivity index (χ3v) is 18.2. The normalized spacial score (nSPS) is 18.3. The number of hydrogen-bond donors (Lipinski definition) is 6. The minimum atomic E-state index is -1.61. The number of esters is 1. The maximum Gasteiger partial charge on any atom is 0.306 e. The lowest BCUT2D eigenvalue weighted by Crippen LogP contribution is -2.61. The van der Waals surface area contributed by atoms with E-state index in [0.29, 0.717) is 19.3 Å². The van der Waals surface area contributed by atoms with E-state index in [1.54, 1.807) is 6.08 Å². The molecule has 0 spiro atoms. The van der Waals surface area contributed by atoms with E-state index in [-0.39, 0.29) is 13.0 Å². The van der Waals surface area contributed by atoms with E-state index in [2.05, 4.69) is 62.5 Å². The van der Waals surface area contributed by atoms with Crippen molar-refractivity contribution in [2.45, 2.75) is 423 Å². The molecule has 0 bridgehead atoms. The molecule has 1 fully saturated rings. The van der Waals surface area contributed by atoms with Crippen LogP contribution < -0.4 is 5.32 Å². The topological polar surface area (TPSA) is 175 Å². The highest BCUT2D eigenvalue weighted by Crippen LogP contribution is 2.27. The van der Waals surface area contributed by atoms with E-state index in [9.17, 15) is 35.1 Å². The Balaban J connectivity index is 2.49. The second-order valence-corrected chi connectivity index (χ2v) is 26.7. The van der Waals surface area contributed by atoms with Gasteiger partial charge in [-0.1, -0.05) is 352 Å². The summed E-state index contributed by atoms with van der Waals surface area (Å²) >= 11 is 0. The Hall–Kier alpha value is -2.38. The number of ether oxygens (including phenoxy) is 3.